The van der Waals surface area contributed by atoms with Gasteiger partial charge in [-0.1, -0.05) is 0 Å². The van der Waals surface area contributed by atoms with E-state index in [1.165, 1.54) is 20.4 Å². The number of methoxy groups -OCH3 is 2. The van der Waals surface area contributed by atoms with Gasteiger partial charge in [-0.05, 0) is 13.8 Å². The molecule has 6 nitrogen and oxygen atoms in total. The van der Waals surface area contributed by atoms with Crippen LogP contribution in [0.2, 0.25) is 0 Å². The lowest BCUT2D eigenvalue weighted by Gasteiger charge is -2.13. The number of rotatable bonds is 4. The predicted octanol–water partition coefficient (Wildman–Crippen LogP) is 1.62. The fraction of sp³-hybridized carbons (Fsp3) is 0.417. The highest BCUT2D eigenvalue weighted by molar-refractivity contribution is 7.11. The van der Waals surface area contributed by atoms with E-state index in [0.717, 1.165) is 15.6 Å². The Kier molecular flexibility index (Phi) is 3.96. The Bertz CT molecular complexity index is 585. The molecule has 2 N–H and O–H groups in total. The lowest BCUT2D eigenvalue weighted by Crippen LogP contribution is -2.15. The third-order valence-corrected chi connectivity index (χ3v) is 3.82. The van der Waals surface area contributed by atoms with Crippen molar-refractivity contribution >= 4 is 11.3 Å². The molecule has 2 rings (SSSR count). The highest BCUT2D eigenvalue weighted by atomic mass is 32.1. The summed E-state index contributed by atoms with van der Waals surface area (Å²) in [4.78, 5) is 13.8. The second-order valence-electron chi connectivity index (χ2n) is 3.97. The van der Waals surface area contributed by atoms with E-state index in [9.17, 15) is 0 Å². The third-order valence-electron chi connectivity index (χ3n) is 2.66. The first-order chi connectivity index (χ1) is 9.06. The quantitative estimate of drug-likeness (QED) is 0.916. The zero-order valence-electron chi connectivity index (χ0n) is 11.3. The number of aryl methyl sites for hydroxylation is 2. The minimum Gasteiger partial charge on any atom is -0.480 e. The van der Waals surface area contributed by atoms with Crippen molar-refractivity contribution < 1.29 is 9.47 Å². The number of thiazole rings is 1. The zero-order chi connectivity index (χ0) is 14.0. The summed E-state index contributed by atoms with van der Waals surface area (Å²) in [6.45, 7) is 3.88. The summed E-state index contributed by atoms with van der Waals surface area (Å²) >= 11 is 1.56. The zero-order valence-corrected chi connectivity index (χ0v) is 12.1. The Morgan fingerprint density at radius 2 is 1.95 bits per heavy atom. The maximum absolute atomic E-state index is 6.25. The third kappa shape index (κ3) is 2.66. The van der Waals surface area contributed by atoms with Crippen LogP contribution in [0.15, 0.2) is 6.20 Å². The monoisotopic (exact) mass is 280 g/mol. The van der Waals surface area contributed by atoms with Gasteiger partial charge in [0.1, 0.15) is 5.69 Å². The molecule has 0 aliphatic heterocycles. The highest BCUT2D eigenvalue weighted by Crippen LogP contribution is 2.31. The summed E-state index contributed by atoms with van der Waals surface area (Å²) in [7, 11) is 3.06. The number of nitrogens with zero attached hydrogens (tertiary/aromatic N) is 3. The van der Waals surface area contributed by atoms with Crippen LogP contribution in [0.25, 0.3) is 0 Å². The van der Waals surface area contributed by atoms with E-state index in [1.54, 1.807) is 11.3 Å². The normalized spacial score (nSPS) is 12.3. The minimum absolute atomic E-state index is 0.373. The summed E-state index contributed by atoms with van der Waals surface area (Å²) in [5.74, 6) is 0.766. The predicted molar refractivity (Wildman–Crippen MR) is 72.8 cm³/mol. The van der Waals surface area contributed by atoms with E-state index in [0.29, 0.717) is 17.5 Å². The fourth-order valence-electron chi connectivity index (χ4n) is 1.79. The molecule has 7 heteroatoms. The van der Waals surface area contributed by atoms with Crippen molar-refractivity contribution in [3.63, 3.8) is 0 Å². The van der Waals surface area contributed by atoms with Crippen LogP contribution in [0.3, 0.4) is 0 Å². The molecule has 0 amide bonds. The smallest absolute Gasteiger partial charge is 0.240 e. The molecule has 102 valence electrons. The van der Waals surface area contributed by atoms with E-state index in [-0.39, 0.29) is 0 Å². The van der Waals surface area contributed by atoms with Gasteiger partial charge < -0.3 is 15.2 Å². The van der Waals surface area contributed by atoms with Crippen molar-refractivity contribution in [3.05, 3.63) is 27.5 Å². The van der Waals surface area contributed by atoms with Crippen molar-refractivity contribution in [2.45, 2.75) is 19.9 Å². The fourth-order valence-corrected chi connectivity index (χ4v) is 2.72. The second-order valence-corrected chi connectivity index (χ2v) is 5.20. The molecule has 1 atom stereocenters. The summed E-state index contributed by atoms with van der Waals surface area (Å²) in [6.07, 6.45) is 1.53. The minimum atomic E-state index is -0.403. The molecular formula is C12H16N4O2S. The lowest BCUT2D eigenvalue weighted by atomic mass is 10.1. The molecule has 0 bridgehead atoms. The first-order valence-electron chi connectivity index (χ1n) is 5.71. The number of hydrogen-bond acceptors (Lipinski definition) is 7. The van der Waals surface area contributed by atoms with Crippen LogP contribution in [0.5, 0.6) is 11.8 Å². The van der Waals surface area contributed by atoms with Gasteiger partial charge in [0, 0.05) is 0 Å². The SMILES string of the molecule is COc1cnc(C(N)c2sc(C)nc2C)c(OC)n1. The first kappa shape index (κ1) is 13.7. The number of hydrogen-bond donors (Lipinski definition) is 1. The Balaban J connectivity index is 2.43. The van der Waals surface area contributed by atoms with E-state index in [2.05, 4.69) is 15.0 Å². The van der Waals surface area contributed by atoms with Crippen LogP contribution in [0.1, 0.15) is 27.3 Å². The topological polar surface area (TPSA) is 83.2 Å². The highest BCUT2D eigenvalue weighted by Gasteiger charge is 2.22. The molecule has 2 aromatic rings. The van der Waals surface area contributed by atoms with Crippen molar-refractivity contribution in [1.29, 1.82) is 0 Å². The van der Waals surface area contributed by atoms with Crippen molar-refractivity contribution in [2.24, 2.45) is 5.73 Å². The van der Waals surface area contributed by atoms with E-state index < -0.39 is 6.04 Å². The van der Waals surface area contributed by atoms with Gasteiger partial charge >= 0.3 is 0 Å². The molecular weight excluding hydrogens is 264 g/mol. The van der Waals surface area contributed by atoms with Gasteiger partial charge in [-0.3, -0.25) is 0 Å². The van der Waals surface area contributed by atoms with Crippen LogP contribution in [-0.4, -0.2) is 29.2 Å². The number of nitrogens with two attached hydrogens (primary N) is 1. The molecule has 0 fully saturated rings. The molecule has 0 radical (unpaired) electrons. The van der Waals surface area contributed by atoms with E-state index >= 15 is 0 Å². The lowest BCUT2D eigenvalue weighted by molar-refractivity contribution is 0.355. The largest absolute Gasteiger partial charge is 0.480 e. The van der Waals surface area contributed by atoms with Gasteiger partial charge in [0.05, 0.1) is 42.0 Å². The van der Waals surface area contributed by atoms with Gasteiger partial charge in [0.15, 0.2) is 0 Å². The van der Waals surface area contributed by atoms with Crippen LogP contribution >= 0.6 is 11.3 Å². The average molecular weight is 280 g/mol. The standard InChI is InChI=1S/C12H16N4O2S/c1-6-11(19-7(2)15-6)9(13)10-12(18-4)16-8(17-3)5-14-10/h5,9H,13H2,1-4H3. The molecule has 0 aromatic carbocycles. The van der Waals surface area contributed by atoms with Gasteiger partial charge in [0.2, 0.25) is 11.8 Å². The number of aromatic nitrogens is 3. The van der Waals surface area contributed by atoms with Gasteiger partial charge in [-0.15, -0.1) is 11.3 Å². The maximum atomic E-state index is 6.25. The molecule has 0 aliphatic carbocycles. The second kappa shape index (κ2) is 5.50. The van der Waals surface area contributed by atoms with E-state index in [4.69, 9.17) is 15.2 Å². The molecule has 2 aromatic heterocycles. The van der Waals surface area contributed by atoms with Gasteiger partial charge in [-0.2, -0.15) is 4.98 Å². The average Bonchev–Trinajstić information content (AvgIpc) is 2.76. The summed E-state index contributed by atoms with van der Waals surface area (Å²) in [5, 5.41) is 0.975. The summed E-state index contributed by atoms with van der Waals surface area (Å²) in [5.41, 5.74) is 7.74. The maximum Gasteiger partial charge on any atom is 0.240 e. The van der Waals surface area contributed by atoms with Crippen molar-refractivity contribution in [1.82, 2.24) is 15.0 Å². The molecule has 0 spiro atoms. The molecule has 0 saturated heterocycles. The Labute approximate surface area is 115 Å². The van der Waals surface area contributed by atoms with Crippen LogP contribution in [-0.2, 0) is 0 Å². The van der Waals surface area contributed by atoms with Crippen LogP contribution < -0.4 is 15.2 Å². The molecule has 0 saturated carbocycles. The molecule has 2 heterocycles. The van der Waals surface area contributed by atoms with Gasteiger partial charge in [0.25, 0.3) is 0 Å². The Morgan fingerprint density at radius 1 is 1.21 bits per heavy atom. The van der Waals surface area contributed by atoms with Crippen LogP contribution in [0.4, 0.5) is 0 Å². The molecule has 0 aliphatic rings. The van der Waals surface area contributed by atoms with Gasteiger partial charge in [-0.25, -0.2) is 9.97 Å². The van der Waals surface area contributed by atoms with Crippen molar-refractivity contribution in [3.8, 4) is 11.8 Å². The molecule has 1 unspecified atom stereocenters. The van der Waals surface area contributed by atoms with E-state index in [1.807, 2.05) is 13.8 Å². The van der Waals surface area contributed by atoms with Crippen molar-refractivity contribution in [2.75, 3.05) is 14.2 Å². The molecule has 19 heavy (non-hydrogen) atoms. The Hall–Kier alpha value is -1.73. The van der Waals surface area contributed by atoms with Crippen LogP contribution in [0, 0.1) is 13.8 Å². The summed E-state index contributed by atoms with van der Waals surface area (Å²) < 4.78 is 10.2. The summed E-state index contributed by atoms with van der Waals surface area (Å²) in [6, 6.07) is -0.403. The number of ether oxygens (including phenoxy) is 2. The first-order valence-corrected chi connectivity index (χ1v) is 6.53. The Morgan fingerprint density at radius 3 is 2.47 bits per heavy atom.